The molecular weight excluding hydrogens is 274 g/mol. The summed E-state index contributed by atoms with van der Waals surface area (Å²) in [7, 11) is -3.50. The van der Waals surface area contributed by atoms with Gasteiger partial charge in [-0.2, -0.15) is 4.31 Å². The maximum Gasteiger partial charge on any atom is 0.262 e. The number of sulfonamides is 1. The van der Waals surface area contributed by atoms with Gasteiger partial charge in [-0.3, -0.25) is 0 Å². The number of alkyl halides is 1. The lowest BCUT2D eigenvalue weighted by molar-refractivity contribution is 0.270. The maximum atomic E-state index is 12.5. The van der Waals surface area contributed by atoms with Crippen molar-refractivity contribution in [3.63, 3.8) is 0 Å². The molecule has 1 aliphatic heterocycles. The summed E-state index contributed by atoms with van der Waals surface area (Å²) in [6.45, 7) is 3.20. The molecule has 2 heterocycles. The van der Waals surface area contributed by atoms with Gasteiger partial charge in [-0.15, -0.1) is 11.6 Å². The zero-order valence-electron chi connectivity index (χ0n) is 10.4. The van der Waals surface area contributed by atoms with Crippen LogP contribution in [0.1, 0.15) is 26.2 Å². The molecule has 5 nitrogen and oxygen atoms in total. The number of aromatic nitrogens is 2. The van der Waals surface area contributed by atoms with E-state index in [1.54, 1.807) is 17.1 Å². The summed E-state index contributed by atoms with van der Waals surface area (Å²) in [6.07, 6.45) is 5.88. The van der Waals surface area contributed by atoms with E-state index in [9.17, 15) is 8.42 Å². The second-order valence-corrected chi connectivity index (χ2v) is 6.61. The van der Waals surface area contributed by atoms with Crippen LogP contribution in [0.2, 0.25) is 0 Å². The first-order chi connectivity index (χ1) is 8.59. The number of hydrogen-bond donors (Lipinski definition) is 0. The first-order valence-corrected chi connectivity index (χ1v) is 8.16. The summed E-state index contributed by atoms with van der Waals surface area (Å²) in [6, 6.07) is -0.0998. The SMILES string of the molecule is CCn1cnc(S(=O)(=O)N2CCCCC2CCl)c1. The number of piperidine rings is 1. The maximum absolute atomic E-state index is 12.5. The minimum Gasteiger partial charge on any atom is -0.336 e. The zero-order chi connectivity index (χ0) is 13.2. The van der Waals surface area contributed by atoms with E-state index in [-0.39, 0.29) is 11.1 Å². The van der Waals surface area contributed by atoms with Crippen molar-refractivity contribution in [1.29, 1.82) is 0 Å². The van der Waals surface area contributed by atoms with Crippen LogP contribution in [-0.2, 0) is 16.6 Å². The van der Waals surface area contributed by atoms with E-state index >= 15 is 0 Å². The molecule has 0 radical (unpaired) electrons. The van der Waals surface area contributed by atoms with Gasteiger partial charge in [-0.1, -0.05) is 6.42 Å². The molecule has 0 aliphatic carbocycles. The van der Waals surface area contributed by atoms with E-state index in [1.807, 2.05) is 6.92 Å². The van der Waals surface area contributed by atoms with Gasteiger partial charge in [0.05, 0.1) is 6.33 Å². The van der Waals surface area contributed by atoms with Crippen molar-refractivity contribution in [2.75, 3.05) is 12.4 Å². The largest absolute Gasteiger partial charge is 0.336 e. The van der Waals surface area contributed by atoms with Crippen LogP contribution < -0.4 is 0 Å². The van der Waals surface area contributed by atoms with Crippen molar-refractivity contribution in [3.8, 4) is 0 Å². The fourth-order valence-electron chi connectivity index (χ4n) is 2.21. The van der Waals surface area contributed by atoms with Crippen LogP contribution in [0.15, 0.2) is 17.6 Å². The highest BCUT2D eigenvalue weighted by molar-refractivity contribution is 7.89. The lowest BCUT2D eigenvalue weighted by Gasteiger charge is -2.32. The molecule has 1 aliphatic rings. The molecule has 2 rings (SSSR count). The molecule has 1 atom stereocenters. The topological polar surface area (TPSA) is 55.2 Å². The Labute approximate surface area is 113 Å². The summed E-state index contributed by atoms with van der Waals surface area (Å²) in [5.41, 5.74) is 0. The van der Waals surface area contributed by atoms with Gasteiger partial charge >= 0.3 is 0 Å². The van der Waals surface area contributed by atoms with E-state index in [0.29, 0.717) is 19.0 Å². The molecule has 1 aromatic rings. The fraction of sp³-hybridized carbons (Fsp3) is 0.727. The van der Waals surface area contributed by atoms with Gasteiger partial charge in [0, 0.05) is 31.2 Å². The highest BCUT2D eigenvalue weighted by atomic mass is 35.5. The quantitative estimate of drug-likeness (QED) is 0.793. The third-order valence-electron chi connectivity index (χ3n) is 3.30. The monoisotopic (exact) mass is 291 g/mol. The van der Waals surface area contributed by atoms with Gasteiger partial charge in [0.25, 0.3) is 10.0 Å². The molecule has 1 saturated heterocycles. The van der Waals surface area contributed by atoms with E-state index in [0.717, 1.165) is 19.3 Å². The molecule has 1 unspecified atom stereocenters. The normalized spacial score (nSPS) is 22.2. The molecule has 0 bridgehead atoms. The van der Waals surface area contributed by atoms with Gasteiger partial charge < -0.3 is 4.57 Å². The smallest absolute Gasteiger partial charge is 0.262 e. The Bertz CT molecular complexity index is 500. The van der Waals surface area contributed by atoms with Gasteiger partial charge in [0.2, 0.25) is 0 Å². The molecule has 1 fully saturated rings. The zero-order valence-corrected chi connectivity index (χ0v) is 12.0. The molecule has 0 N–H and O–H groups in total. The molecule has 102 valence electrons. The minimum atomic E-state index is -3.50. The van der Waals surface area contributed by atoms with Crippen LogP contribution in [0.3, 0.4) is 0 Å². The van der Waals surface area contributed by atoms with E-state index in [4.69, 9.17) is 11.6 Å². The second kappa shape index (κ2) is 5.59. The van der Waals surface area contributed by atoms with E-state index in [2.05, 4.69) is 4.98 Å². The predicted molar refractivity (Wildman–Crippen MR) is 70.2 cm³/mol. The van der Waals surface area contributed by atoms with E-state index < -0.39 is 10.0 Å². The standard InChI is InChI=1S/C11H18ClN3O2S/c1-2-14-8-11(13-9-14)18(16,17)15-6-4-3-5-10(15)7-12/h8-10H,2-7H2,1H3. The third kappa shape index (κ3) is 2.55. The Morgan fingerprint density at radius 2 is 2.28 bits per heavy atom. The van der Waals surface area contributed by atoms with Crippen LogP contribution in [-0.4, -0.2) is 40.7 Å². The van der Waals surface area contributed by atoms with E-state index in [1.165, 1.54) is 4.31 Å². The van der Waals surface area contributed by atoms with Crippen LogP contribution in [0.5, 0.6) is 0 Å². The summed E-state index contributed by atoms with van der Waals surface area (Å²) >= 11 is 5.87. The van der Waals surface area contributed by atoms with Crippen molar-refractivity contribution < 1.29 is 8.42 Å². The number of halogens is 1. The number of aryl methyl sites for hydroxylation is 1. The summed E-state index contributed by atoms with van der Waals surface area (Å²) in [5, 5.41) is 0.126. The number of imidazole rings is 1. The Hall–Kier alpha value is -0.590. The van der Waals surface area contributed by atoms with Crippen molar-refractivity contribution in [2.24, 2.45) is 0 Å². The first-order valence-electron chi connectivity index (χ1n) is 6.19. The second-order valence-electron chi connectivity index (χ2n) is 4.46. The third-order valence-corrected chi connectivity index (χ3v) is 5.49. The van der Waals surface area contributed by atoms with Crippen molar-refractivity contribution in [2.45, 2.75) is 43.8 Å². The Balaban J connectivity index is 2.28. The molecule has 0 amide bonds. The van der Waals surface area contributed by atoms with Crippen LogP contribution in [0.25, 0.3) is 0 Å². The van der Waals surface area contributed by atoms with Crippen molar-refractivity contribution >= 4 is 21.6 Å². The van der Waals surface area contributed by atoms with Crippen molar-refractivity contribution in [1.82, 2.24) is 13.9 Å². The molecule has 1 aromatic heterocycles. The molecule has 0 spiro atoms. The van der Waals surface area contributed by atoms with Gasteiger partial charge in [0.15, 0.2) is 5.03 Å². The molecule has 0 saturated carbocycles. The Morgan fingerprint density at radius 1 is 1.50 bits per heavy atom. The summed E-state index contributed by atoms with van der Waals surface area (Å²) in [4.78, 5) is 3.99. The number of hydrogen-bond acceptors (Lipinski definition) is 3. The minimum absolute atomic E-state index is 0.0998. The van der Waals surface area contributed by atoms with Crippen LogP contribution >= 0.6 is 11.6 Å². The highest BCUT2D eigenvalue weighted by Crippen LogP contribution is 2.25. The highest BCUT2D eigenvalue weighted by Gasteiger charge is 2.34. The molecule has 18 heavy (non-hydrogen) atoms. The fourth-order valence-corrected chi connectivity index (χ4v) is 4.24. The first kappa shape index (κ1) is 13.8. The summed E-state index contributed by atoms with van der Waals surface area (Å²) in [5.74, 6) is 0.341. The predicted octanol–water partition coefficient (Wildman–Crippen LogP) is 1.68. The number of nitrogens with zero attached hydrogens (tertiary/aromatic N) is 3. The van der Waals surface area contributed by atoms with Crippen LogP contribution in [0.4, 0.5) is 0 Å². The average molecular weight is 292 g/mol. The Morgan fingerprint density at radius 3 is 2.89 bits per heavy atom. The lowest BCUT2D eigenvalue weighted by Crippen LogP contribution is -2.44. The van der Waals surface area contributed by atoms with Crippen molar-refractivity contribution in [3.05, 3.63) is 12.5 Å². The number of rotatable bonds is 4. The molecule has 7 heteroatoms. The molecular formula is C11H18ClN3O2S. The molecule has 0 aromatic carbocycles. The summed E-state index contributed by atoms with van der Waals surface area (Å²) < 4.78 is 28.2. The van der Waals surface area contributed by atoms with Gasteiger partial charge in [-0.25, -0.2) is 13.4 Å². The average Bonchev–Trinajstić information content (AvgIpc) is 2.88. The van der Waals surface area contributed by atoms with Gasteiger partial charge in [-0.05, 0) is 19.8 Å². The van der Waals surface area contributed by atoms with Gasteiger partial charge in [0.1, 0.15) is 0 Å². The lowest BCUT2D eigenvalue weighted by atomic mass is 10.1. The van der Waals surface area contributed by atoms with Crippen LogP contribution in [0, 0.1) is 0 Å². The Kier molecular flexibility index (Phi) is 4.29.